The van der Waals surface area contributed by atoms with Gasteiger partial charge in [0.05, 0.1) is 11.9 Å². The number of piperidine rings is 2. The molecule has 1 aromatic heterocycles. The zero-order valence-corrected chi connectivity index (χ0v) is 13.5. The molecule has 0 aromatic carbocycles. The average Bonchev–Trinajstić information content (AvgIpc) is 2.57. The van der Waals surface area contributed by atoms with Crippen LogP contribution in [0.2, 0.25) is 0 Å². The van der Waals surface area contributed by atoms with Gasteiger partial charge in [-0.1, -0.05) is 6.42 Å². The normalized spacial score (nSPS) is 26.6. The quantitative estimate of drug-likeness (QED) is 0.860. The summed E-state index contributed by atoms with van der Waals surface area (Å²) in [5.74, 6) is 0.755. The van der Waals surface area contributed by atoms with Crippen molar-refractivity contribution in [3.05, 3.63) is 24.0 Å². The van der Waals surface area contributed by atoms with E-state index in [9.17, 15) is 0 Å². The SMILES string of the molecule is CC1CCCCN1CC1CCCN(c2ccc(C#N)nc2)C1. The molecule has 2 fully saturated rings. The predicted molar refractivity (Wildman–Crippen MR) is 88.8 cm³/mol. The van der Waals surface area contributed by atoms with Crippen molar-refractivity contribution in [2.75, 3.05) is 31.1 Å². The smallest absolute Gasteiger partial charge is 0.140 e. The van der Waals surface area contributed by atoms with Crippen LogP contribution in [0.25, 0.3) is 0 Å². The molecule has 3 rings (SSSR count). The molecule has 2 unspecified atom stereocenters. The van der Waals surface area contributed by atoms with Gasteiger partial charge in [-0.15, -0.1) is 0 Å². The highest BCUT2D eigenvalue weighted by atomic mass is 15.2. The molecule has 2 aliphatic heterocycles. The molecule has 2 saturated heterocycles. The zero-order chi connectivity index (χ0) is 15.4. The maximum Gasteiger partial charge on any atom is 0.140 e. The van der Waals surface area contributed by atoms with Gasteiger partial charge in [-0.3, -0.25) is 0 Å². The standard InChI is InChI=1S/C18H26N4/c1-15-5-2-3-9-21(15)13-16-6-4-10-22(14-16)18-8-7-17(11-19)20-12-18/h7-8,12,15-16H,2-6,9-10,13-14H2,1H3. The Hall–Kier alpha value is -1.60. The summed E-state index contributed by atoms with van der Waals surface area (Å²) in [5.41, 5.74) is 1.66. The first-order chi connectivity index (χ1) is 10.8. The van der Waals surface area contributed by atoms with E-state index in [-0.39, 0.29) is 0 Å². The van der Waals surface area contributed by atoms with Crippen LogP contribution in [0.4, 0.5) is 5.69 Å². The molecular formula is C18H26N4. The van der Waals surface area contributed by atoms with Crippen molar-refractivity contribution in [3.63, 3.8) is 0 Å². The minimum atomic E-state index is 0.499. The highest BCUT2D eigenvalue weighted by Crippen LogP contribution is 2.25. The molecule has 0 bridgehead atoms. The molecule has 0 amide bonds. The Kier molecular flexibility index (Phi) is 4.94. The molecule has 4 nitrogen and oxygen atoms in total. The second-order valence-corrected chi connectivity index (χ2v) is 6.81. The first kappa shape index (κ1) is 15.3. The molecular weight excluding hydrogens is 272 g/mol. The van der Waals surface area contributed by atoms with Crippen LogP contribution in [0.15, 0.2) is 18.3 Å². The summed E-state index contributed by atoms with van der Waals surface area (Å²) in [6, 6.07) is 6.70. The van der Waals surface area contributed by atoms with Crippen molar-refractivity contribution >= 4 is 5.69 Å². The molecule has 2 atom stereocenters. The third kappa shape index (κ3) is 3.59. The molecule has 0 radical (unpaired) electrons. The fourth-order valence-electron chi connectivity index (χ4n) is 3.85. The van der Waals surface area contributed by atoms with Gasteiger partial charge in [0.15, 0.2) is 0 Å². The lowest BCUT2D eigenvalue weighted by Gasteiger charge is -2.40. The lowest BCUT2D eigenvalue weighted by atomic mass is 9.94. The predicted octanol–water partition coefficient (Wildman–Crippen LogP) is 3.04. The van der Waals surface area contributed by atoms with E-state index in [1.807, 2.05) is 18.3 Å². The van der Waals surface area contributed by atoms with Crippen LogP contribution >= 0.6 is 0 Å². The summed E-state index contributed by atoms with van der Waals surface area (Å²) in [6.07, 6.45) is 8.56. The summed E-state index contributed by atoms with van der Waals surface area (Å²) in [7, 11) is 0. The molecule has 0 saturated carbocycles. The Morgan fingerprint density at radius 1 is 1.23 bits per heavy atom. The van der Waals surface area contributed by atoms with Crippen molar-refractivity contribution in [1.29, 1.82) is 5.26 Å². The number of hydrogen-bond donors (Lipinski definition) is 0. The van der Waals surface area contributed by atoms with Crippen LogP contribution < -0.4 is 4.90 Å². The van der Waals surface area contributed by atoms with Gasteiger partial charge in [-0.05, 0) is 57.2 Å². The Balaban J connectivity index is 1.60. The van der Waals surface area contributed by atoms with Gasteiger partial charge in [0.25, 0.3) is 0 Å². The molecule has 0 N–H and O–H groups in total. The number of likely N-dealkylation sites (tertiary alicyclic amines) is 1. The monoisotopic (exact) mass is 298 g/mol. The minimum Gasteiger partial charge on any atom is -0.370 e. The van der Waals surface area contributed by atoms with E-state index in [2.05, 4.69) is 27.8 Å². The van der Waals surface area contributed by atoms with Gasteiger partial charge in [-0.25, -0.2) is 4.98 Å². The average molecular weight is 298 g/mol. The molecule has 0 aliphatic carbocycles. The molecule has 118 valence electrons. The fraction of sp³-hybridized carbons (Fsp3) is 0.667. The van der Waals surface area contributed by atoms with Crippen molar-refractivity contribution in [1.82, 2.24) is 9.88 Å². The van der Waals surface area contributed by atoms with Gasteiger partial charge in [-0.2, -0.15) is 5.26 Å². The maximum absolute atomic E-state index is 8.86. The number of nitriles is 1. The molecule has 22 heavy (non-hydrogen) atoms. The Morgan fingerprint density at radius 3 is 2.86 bits per heavy atom. The number of pyridine rings is 1. The van der Waals surface area contributed by atoms with Gasteiger partial charge < -0.3 is 9.80 Å². The van der Waals surface area contributed by atoms with Gasteiger partial charge in [0.2, 0.25) is 0 Å². The largest absolute Gasteiger partial charge is 0.370 e. The lowest BCUT2D eigenvalue weighted by Crippen LogP contribution is -2.45. The minimum absolute atomic E-state index is 0.499. The highest BCUT2D eigenvalue weighted by molar-refractivity contribution is 5.46. The summed E-state index contributed by atoms with van der Waals surface area (Å²) in [4.78, 5) is 9.34. The van der Waals surface area contributed by atoms with E-state index in [1.54, 1.807) is 0 Å². The summed E-state index contributed by atoms with van der Waals surface area (Å²) in [6.45, 7) is 7.12. The first-order valence-corrected chi connectivity index (χ1v) is 8.61. The number of rotatable bonds is 3. The van der Waals surface area contributed by atoms with Crippen LogP contribution in [-0.2, 0) is 0 Å². The van der Waals surface area contributed by atoms with Crippen LogP contribution in [0, 0.1) is 17.2 Å². The van der Waals surface area contributed by atoms with Gasteiger partial charge in [0.1, 0.15) is 11.8 Å². The van der Waals surface area contributed by atoms with E-state index in [0.717, 1.165) is 30.7 Å². The number of anilines is 1. The van der Waals surface area contributed by atoms with Crippen molar-refractivity contribution < 1.29 is 0 Å². The molecule has 2 aliphatic rings. The highest BCUT2D eigenvalue weighted by Gasteiger charge is 2.25. The maximum atomic E-state index is 8.86. The molecule has 1 aromatic rings. The third-order valence-corrected chi connectivity index (χ3v) is 5.18. The lowest BCUT2D eigenvalue weighted by molar-refractivity contribution is 0.130. The van der Waals surface area contributed by atoms with E-state index >= 15 is 0 Å². The molecule has 0 spiro atoms. The van der Waals surface area contributed by atoms with Crippen molar-refractivity contribution in [3.8, 4) is 6.07 Å². The summed E-state index contributed by atoms with van der Waals surface area (Å²) >= 11 is 0. The van der Waals surface area contributed by atoms with E-state index in [0.29, 0.717) is 5.69 Å². The topological polar surface area (TPSA) is 43.2 Å². The van der Waals surface area contributed by atoms with Gasteiger partial charge in [0, 0.05) is 25.7 Å². The number of aromatic nitrogens is 1. The second kappa shape index (κ2) is 7.11. The third-order valence-electron chi connectivity index (χ3n) is 5.18. The van der Waals surface area contributed by atoms with Crippen LogP contribution in [0.5, 0.6) is 0 Å². The summed E-state index contributed by atoms with van der Waals surface area (Å²) < 4.78 is 0. The molecule has 4 heteroatoms. The van der Waals surface area contributed by atoms with Crippen LogP contribution in [0.1, 0.15) is 44.7 Å². The van der Waals surface area contributed by atoms with E-state index < -0.39 is 0 Å². The Morgan fingerprint density at radius 2 is 2.14 bits per heavy atom. The van der Waals surface area contributed by atoms with Crippen LogP contribution in [0.3, 0.4) is 0 Å². The summed E-state index contributed by atoms with van der Waals surface area (Å²) in [5, 5.41) is 8.86. The fourth-order valence-corrected chi connectivity index (χ4v) is 3.85. The van der Waals surface area contributed by atoms with Crippen molar-refractivity contribution in [2.45, 2.75) is 45.1 Å². The van der Waals surface area contributed by atoms with E-state index in [4.69, 9.17) is 5.26 Å². The number of nitrogens with zero attached hydrogens (tertiary/aromatic N) is 4. The second-order valence-electron chi connectivity index (χ2n) is 6.81. The van der Waals surface area contributed by atoms with Crippen LogP contribution in [-0.4, -0.2) is 42.1 Å². The Bertz CT molecular complexity index is 519. The Labute approximate surface area is 133 Å². The van der Waals surface area contributed by atoms with E-state index in [1.165, 1.54) is 45.2 Å². The first-order valence-electron chi connectivity index (χ1n) is 8.61. The zero-order valence-electron chi connectivity index (χ0n) is 13.5. The van der Waals surface area contributed by atoms with Gasteiger partial charge >= 0.3 is 0 Å². The van der Waals surface area contributed by atoms with Crippen molar-refractivity contribution in [2.24, 2.45) is 5.92 Å². The number of hydrogen-bond acceptors (Lipinski definition) is 4. The molecule has 3 heterocycles.